The van der Waals surface area contributed by atoms with Gasteiger partial charge in [0.15, 0.2) is 0 Å². The minimum absolute atomic E-state index is 0.131. The standard InChI is InChI=1S/C17H21FN4O3S/c18-15-5-4-14(12-16(15)26(24,25)22-9-1-2-10-22)17(23)20-6-3-8-21-11-7-19-13-21/h4-5,7,11-13H,1-3,6,8-10H2,(H,20,23). The molecule has 3 rings (SSSR count). The van der Waals surface area contributed by atoms with E-state index in [0.29, 0.717) is 32.6 Å². The third-order valence-electron chi connectivity index (χ3n) is 4.31. The molecule has 1 N–H and O–H groups in total. The molecule has 2 heterocycles. The molecule has 1 fully saturated rings. The van der Waals surface area contributed by atoms with Crippen molar-refractivity contribution < 1.29 is 17.6 Å². The number of halogens is 1. The normalized spacial score (nSPS) is 15.3. The summed E-state index contributed by atoms with van der Waals surface area (Å²) < 4.78 is 42.4. The van der Waals surface area contributed by atoms with Gasteiger partial charge in [0.1, 0.15) is 10.7 Å². The van der Waals surface area contributed by atoms with Gasteiger partial charge in [-0.2, -0.15) is 4.31 Å². The van der Waals surface area contributed by atoms with Crippen LogP contribution in [-0.4, -0.2) is 47.8 Å². The maximum Gasteiger partial charge on any atom is 0.251 e. The topological polar surface area (TPSA) is 84.3 Å². The van der Waals surface area contributed by atoms with Gasteiger partial charge in [-0.05, 0) is 37.5 Å². The summed E-state index contributed by atoms with van der Waals surface area (Å²) in [6.45, 7) is 1.89. The summed E-state index contributed by atoms with van der Waals surface area (Å²) in [6.07, 6.45) is 7.42. The number of aryl methyl sites for hydroxylation is 1. The summed E-state index contributed by atoms with van der Waals surface area (Å²) in [4.78, 5) is 15.8. The fourth-order valence-electron chi connectivity index (χ4n) is 2.89. The molecule has 1 saturated heterocycles. The lowest BCUT2D eigenvalue weighted by molar-refractivity contribution is 0.0952. The van der Waals surface area contributed by atoms with Crippen LogP contribution in [-0.2, 0) is 16.6 Å². The van der Waals surface area contributed by atoms with E-state index in [0.717, 1.165) is 25.0 Å². The fourth-order valence-corrected chi connectivity index (χ4v) is 4.50. The lowest BCUT2D eigenvalue weighted by Crippen LogP contribution is -2.29. The predicted octanol–water partition coefficient (Wildman–Crippen LogP) is 1.63. The first-order valence-corrected chi connectivity index (χ1v) is 9.96. The Labute approximate surface area is 151 Å². The smallest absolute Gasteiger partial charge is 0.251 e. The molecule has 26 heavy (non-hydrogen) atoms. The van der Waals surface area contributed by atoms with Gasteiger partial charge in [0, 0.05) is 44.1 Å². The van der Waals surface area contributed by atoms with E-state index in [1.807, 2.05) is 10.8 Å². The molecule has 140 valence electrons. The third kappa shape index (κ3) is 4.10. The first-order valence-electron chi connectivity index (χ1n) is 8.52. The summed E-state index contributed by atoms with van der Waals surface area (Å²) >= 11 is 0. The lowest BCUT2D eigenvalue weighted by atomic mass is 10.2. The van der Waals surface area contributed by atoms with Crippen molar-refractivity contribution in [2.75, 3.05) is 19.6 Å². The molecule has 0 unspecified atom stereocenters. The summed E-state index contributed by atoms with van der Waals surface area (Å²) in [5.41, 5.74) is 0.131. The zero-order valence-corrected chi connectivity index (χ0v) is 15.1. The van der Waals surface area contributed by atoms with Gasteiger partial charge < -0.3 is 9.88 Å². The maximum absolute atomic E-state index is 14.1. The highest BCUT2D eigenvalue weighted by molar-refractivity contribution is 7.89. The van der Waals surface area contributed by atoms with Crippen molar-refractivity contribution in [1.82, 2.24) is 19.2 Å². The minimum Gasteiger partial charge on any atom is -0.352 e. The van der Waals surface area contributed by atoms with Crippen LogP contribution in [0.2, 0.25) is 0 Å². The summed E-state index contributed by atoms with van der Waals surface area (Å²) in [7, 11) is -3.91. The number of nitrogens with zero attached hydrogens (tertiary/aromatic N) is 3. The quantitative estimate of drug-likeness (QED) is 0.740. The van der Waals surface area contributed by atoms with Gasteiger partial charge in [-0.25, -0.2) is 17.8 Å². The van der Waals surface area contributed by atoms with Gasteiger partial charge in [-0.15, -0.1) is 0 Å². The molecule has 1 aliphatic rings. The van der Waals surface area contributed by atoms with E-state index in [1.54, 1.807) is 12.5 Å². The number of benzene rings is 1. The molecule has 1 aromatic heterocycles. The molecule has 1 aromatic carbocycles. The summed E-state index contributed by atoms with van der Waals surface area (Å²) in [5, 5.41) is 2.73. The van der Waals surface area contributed by atoms with Crippen LogP contribution in [0, 0.1) is 5.82 Å². The van der Waals surface area contributed by atoms with E-state index in [4.69, 9.17) is 0 Å². The van der Waals surface area contributed by atoms with Crippen molar-refractivity contribution in [3.63, 3.8) is 0 Å². The van der Waals surface area contributed by atoms with Crippen molar-refractivity contribution >= 4 is 15.9 Å². The van der Waals surface area contributed by atoms with Crippen LogP contribution in [0.4, 0.5) is 4.39 Å². The number of aromatic nitrogens is 2. The molecule has 0 spiro atoms. The summed E-state index contributed by atoms with van der Waals surface area (Å²) in [5.74, 6) is -1.26. The van der Waals surface area contributed by atoms with Crippen LogP contribution >= 0.6 is 0 Å². The van der Waals surface area contributed by atoms with E-state index in [9.17, 15) is 17.6 Å². The minimum atomic E-state index is -3.91. The first-order chi connectivity index (χ1) is 12.5. The molecular formula is C17H21FN4O3S. The molecule has 0 aliphatic carbocycles. The van der Waals surface area contributed by atoms with Crippen molar-refractivity contribution in [2.45, 2.75) is 30.7 Å². The molecule has 1 amide bonds. The van der Waals surface area contributed by atoms with E-state index >= 15 is 0 Å². The van der Waals surface area contributed by atoms with Crippen molar-refractivity contribution in [3.05, 3.63) is 48.3 Å². The van der Waals surface area contributed by atoms with Gasteiger partial charge in [0.2, 0.25) is 10.0 Å². The number of hydrogen-bond donors (Lipinski definition) is 1. The maximum atomic E-state index is 14.1. The summed E-state index contributed by atoms with van der Waals surface area (Å²) in [6, 6.07) is 3.45. The van der Waals surface area contributed by atoms with E-state index < -0.39 is 26.6 Å². The molecule has 9 heteroatoms. The van der Waals surface area contributed by atoms with Crippen molar-refractivity contribution in [3.8, 4) is 0 Å². The fraction of sp³-hybridized carbons (Fsp3) is 0.412. The number of carbonyl (C=O) groups is 1. The average molecular weight is 380 g/mol. The Morgan fingerprint density at radius 2 is 2.04 bits per heavy atom. The van der Waals surface area contributed by atoms with Gasteiger partial charge in [0.05, 0.1) is 6.33 Å². The number of imidazole rings is 1. The highest BCUT2D eigenvalue weighted by Crippen LogP contribution is 2.24. The number of nitrogens with one attached hydrogen (secondary N) is 1. The predicted molar refractivity (Wildman–Crippen MR) is 93.6 cm³/mol. The molecule has 0 radical (unpaired) electrons. The number of rotatable bonds is 7. The zero-order valence-electron chi connectivity index (χ0n) is 14.3. The Bertz CT molecular complexity index is 862. The number of amides is 1. The Morgan fingerprint density at radius 1 is 1.27 bits per heavy atom. The second-order valence-corrected chi connectivity index (χ2v) is 8.07. The molecular weight excluding hydrogens is 359 g/mol. The number of sulfonamides is 1. The van der Waals surface area contributed by atoms with Gasteiger partial charge in [-0.3, -0.25) is 4.79 Å². The Hall–Kier alpha value is -2.26. The molecule has 1 aliphatic heterocycles. The van der Waals surface area contributed by atoms with Gasteiger partial charge >= 0.3 is 0 Å². The molecule has 7 nitrogen and oxygen atoms in total. The molecule has 2 aromatic rings. The largest absolute Gasteiger partial charge is 0.352 e. The van der Waals surface area contributed by atoms with Crippen LogP contribution in [0.15, 0.2) is 41.8 Å². The van der Waals surface area contributed by atoms with Gasteiger partial charge in [0.25, 0.3) is 5.91 Å². The average Bonchev–Trinajstić information content (AvgIpc) is 3.32. The SMILES string of the molecule is O=C(NCCCn1ccnc1)c1ccc(F)c(S(=O)(=O)N2CCCC2)c1. The van der Waals surface area contributed by atoms with Crippen LogP contribution in [0.1, 0.15) is 29.6 Å². The van der Waals surface area contributed by atoms with E-state index in [-0.39, 0.29) is 5.56 Å². The monoisotopic (exact) mass is 380 g/mol. The van der Waals surface area contributed by atoms with Crippen LogP contribution in [0.3, 0.4) is 0 Å². The van der Waals surface area contributed by atoms with Crippen LogP contribution in [0.5, 0.6) is 0 Å². The highest BCUT2D eigenvalue weighted by atomic mass is 32.2. The molecule has 0 bridgehead atoms. The van der Waals surface area contributed by atoms with Crippen molar-refractivity contribution in [1.29, 1.82) is 0 Å². The highest BCUT2D eigenvalue weighted by Gasteiger charge is 2.30. The molecule has 0 atom stereocenters. The first kappa shape index (κ1) is 18.5. The van der Waals surface area contributed by atoms with Gasteiger partial charge in [-0.1, -0.05) is 0 Å². The van der Waals surface area contributed by atoms with Crippen LogP contribution < -0.4 is 5.32 Å². The lowest BCUT2D eigenvalue weighted by Gasteiger charge is -2.16. The Balaban J connectivity index is 1.65. The second-order valence-electron chi connectivity index (χ2n) is 6.17. The number of hydrogen-bond acceptors (Lipinski definition) is 4. The van der Waals surface area contributed by atoms with Crippen LogP contribution in [0.25, 0.3) is 0 Å². The van der Waals surface area contributed by atoms with E-state index in [2.05, 4.69) is 10.3 Å². The zero-order chi connectivity index (χ0) is 18.6. The Morgan fingerprint density at radius 3 is 2.73 bits per heavy atom. The third-order valence-corrected chi connectivity index (χ3v) is 6.23. The van der Waals surface area contributed by atoms with E-state index in [1.165, 1.54) is 10.4 Å². The second kappa shape index (κ2) is 7.96. The Kier molecular flexibility index (Phi) is 5.67. The molecule has 0 saturated carbocycles. The number of carbonyl (C=O) groups excluding carboxylic acids is 1. The van der Waals surface area contributed by atoms with Crippen molar-refractivity contribution in [2.24, 2.45) is 0 Å².